The van der Waals surface area contributed by atoms with Crippen LogP contribution in [-0.2, 0) is 0 Å². The molecule has 3 rings (SSSR count). The first kappa shape index (κ1) is 16.3. The number of para-hydroxylation sites is 1. The topological polar surface area (TPSA) is 29.5 Å². The second kappa shape index (κ2) is 6.17. The summed E-state index contributed by atoms with van der Waals surface area (Å²) in [5, 5.41) is 10.5. The van der Waals surface area contributed by atoms with Gasteiger partial charge in [0.1, 0.15) is 17.6 Å². The molecule has 0 fully saturated rings. The second-order valence-corrected chi connectivity index (χ2v) is 5.40. The van der Waals surface area contributed by atoms with Crippen LogP contribution in [0.5, 0.6) is 11.5 Å². The van der Waals surface area contributed by atoms with Crippen molar-refractivity contribution in [1.29, 1.82) is 0 Å². The minimum Gasteiger partial charge on any atom is -0.457 e. The number of rotatable bonds is 2. The zero-order chi connectivity index (χ0) is 17.3. The Kier molecular flexibility index (Phi) is 4.20. The number of allylic oxidation sites excluding steroid dienone is 4. The van der Waals surface area contributed by atoms with Crippen LogP contribution < -0.4 is 4.74 Å². The lowest BCUT2D eigenvalue weighted by atomic mass is 9.93. The van der Waals surface area contributed by atoms with Crippen molar-refractivity contribution in [2.24, 2.45) is 0 Å². The SMILES string of the molecule is C/C=C\C=C(/c1ccc2c(c1)C(O)c1ccccc1O2)C(F)(F)F. The molecule has 1 aliphatic heterocycles. The van der Waals surface area contributed by atoms with Crippen LogP contribution in [0.2, 0.25) is 0 Å². The van der Waals surface area contributed by atoms with Gasteiger partial charge in [0.05, 0.1) is 5.57 Å². The smallest absolute Gasteiger partial charge is 0.416 e. The van der Waals surface area contributed by atoms with Crippen LogP contribution in [-0.4, -0.2) is 11.3 Å². The minimum atomic E-state index is -4.49. The Morgan fingerprint density at radius 2 is 1.79 bits per heavy atom. The summed E-state index contributed by atoms with van der Waals surface area (Å²) in [5.74, 6) is 0.864. The van der Waals surface area contributed by atoms with E-state index in [4.69, 9.17) is 4.74 Å². The quantitative estimate of drug-likeness (QED) is 0.747. The maximum absolute atomic E-state index is 13.3. The predicted molar refractivity (Wildman–Crippen MR) is 85.9 cm³/mol. The molecule has 1 unspecified atom stereocenters. The van der Waals surface area contributed by atoms with E-state index in [-0.39, 0.29) is 5.56 Å². The van der Waals surface area contributed by atoms with Crippen LogP contribution >= 0.6 is 0 Å². The zero-order valence-corrected chi connectivity index (χ0v) is 12.8. The first-order chi connectivity index (χ1) is 11.4. The van der Waals surface area contributed by atoms with Gasteiger partial charge in [-0.25, -0.2) is 0 Å². The van der Waals surface area contributed by atoms with Gasteiger partial charge in [0.15, 0.2) is 0 Å². The Balaban J connectivity index is 2.08. The van der Waals surface area contributed by atoms with Gasteiger partial charge in [0, 0.05) is 11.1 Å². The largest absolute Gasteiger partial charge is 0.457 e. The summed E-state index contributed by atoms with van der Waals surface area (Å²) in [6, 6.07) is 11.1. The number of benzene rings is 2. The van der Waals surface area contributed by atoms with Crippen molar-refractivity contribution in [3.05, 3.63) is 77.4 Å². The number of hydrogen-bond donors (Lipinski definition) is 1. The van der Waals surface area contributed by atoms with Crippen molar-refractivity contribution in [2.45, 2.75) is 19.2 Å². The fraction of sp³-hybridized carbons (Fsp3) is 0.158. The van der Waals surface area contributed by atoms with Crippen molar-refractivity contribution in [3.63, 3.8) is 0 Å². The molecule has 0 saturated carbocycles. The molecule has 0 spiro atoms. The molecular formula is C19H15F3O2. The van der Waals surface area contributed by atoms with E-state index in [1.807, 2.05) is 0 Å². The van der Waals surface area contributed by atoms with Gasteiger partial charge in [0.25, 0.3) is 0 Å². The number of fused-ring (bicyclic) bond motifs is 2. The summed E-state index contributed by atoms with van der Waals surface area (Å²) in [6.45, 7) is 1.64. The van der Waals surface area contributed by atoms with Crippen LogP contribution in [0.1, 0.15) is 29.7 Å². The average molecular weight is 332 g/mol. The highest BCUT2D eigenvalue weighted by Gasteiger charge is 2.35. The molecule has 0 aliphatic carbocycles. The monoisotopic (exact) mass is 332 g/mol. The molecule has 0 radical (unpaired) electrons. The molecule has 0 saturated heterocycles. The molecule has 1 N–H and O–H groups in total. The molecule has 1 aliphatic rings. The Morgan fingerprint density at radius 1 is 1.08 bits per heavy atom. The molecule has 0 aromatic heterocycles. The lowest BCUT2D eigenvalue weighted by molar-refractivity contribution is -0.0689. The van der Waals surface area contributed by atoms with Crippen LogP contribution in [0.3, 0.4) is 0 Å². The summed E-state index contributed by atoms with van der Waals surface area (Å²) < 4.78 is 45.6. The summed E-state index contributed by atoms with van der Waals surface area (Å²) in [7, 11) is 0. The number of ether oxygens (including phenoxy) is 1. The molecule has 0 amide bonds. The Hall–Kier alpha value is -2.53. The number of aliphatic hydroxyl groups is 1. The maximum atomic E-state index is 13.3. The van der Waals surface area contributed by atoms with E-state index in [2.05, 4.69) is 0 Å². The zero-order valence-electron chi connectivity index (χ0n) is 12.8. The fourth-order valence-electron chi connectivity index (χ4n) is 2.65. The summed E-state index contributed by atoms with van der Waals surface area (Å²) in [6.07, 6.45) is -1.64. The summed E-state index contributed by atoms with van der Waals surface area (Å²) in [4.78, 5) is 0. The van der Waals surface area contributed by atoms with Crippen LogP contribution in [0.25, 0.3) is 5.57 Å². The van der Waals surface area contributed by atoms with E-state index < -0.39 is 17.9 Å². The van der Waals surface area contributed by atoms with Gasteiger partial charge in [-0.2, -0.15) is 13.2 Å². The lowest BCUT2D eigenvalue weighted by Crippen LogP contribution is -2.13. The molecule has 24 heavy (non-hydrogen) atoms. The van der Waals surface area contributed by atoms with Crippen LogP contribution in [0.15, 0.2) is 60.7 Å². The third-order valence-corrected chi connectivity index (χ3v) is 3.81. The molecule has 1 heterocycles. The highest BCUT2D eigenvalue weighted by atomic mass is 19.4. The third-order valence-electron chi connectivity index (χ3n) is 3.81. The molecular weight excluding hydrogens is 317 g/mol. The maximum Gasteiger partial charge on any atom is 0.416 e. The van der Waals surface area contributed by atoms with Crippen molar-refractivity contribution in [1.82, 2.24) is 0 Å². The van der Waals surface area contributed by atoms with Gasteiger partial charge in [-0.3, -0.25) is 0 Å². The normalized spacial score (nSPS) is 17.4. The standard InChI is InChI=1S/C19H15F3O2/c1-2-3-7-15(19(20,21)22)12-9-10-17-14(11-12)18(23)13-6-4-5-8-16(13)24-17/h2-11,18,23H,1H3/b3-2-,15-7+. The second-order valence-electron chi connectivity index (χ2n) is 5.40. The van der Waals surface area contributed by atoms with Gasteiger partial charge < -0.3 is 9.84 Å². The molecule has 1 atom stereocenters. The van der Waals surface area contributed by atoms with E-state index >= 15 is 0 Å². The number of hydrogen-bond acceptors (Lipinski definition) is 2. The third kappa shape index (κ3) is 2.95. The summed E-state index contributed by atoms with van der Waals surface area (Å²) in [5.41, 5.74) is 0.0748. The minimum absolute atomic E-state index is 0.0126. The molecule has 2 aromatic carbocycles. The molecule has 2 nitrogen and oxygen atoms in total. The molecule has 2 aromatic rings. The Morgan fingerprint density at radius 3 is 2.50 bits per heavy atom. The van der Waals surface area contributed by atoms with Crippen LogP contribution in [0, 0.1) is 0 Å². The lowest BCUT2D eigenvalue weighted by Gasteiger charge is -2.25. The van der Waals surface area contributed by atoms with E-state index in [9.17, 15) is 18.3 Å². The van der Waals surface area contributed by atoms with Crippen LogP contribution in [0.4, 0.5) is 13.2 Å². The first-order valence-corrected chi connectivity index (χ1v) is 7.41. The summed E-state index contributed by atoms with van der Waals surface area (Å²) >= 11 is 0. The Bertz CT molecular complexity index is 820. The molecule has 0 bridgehead atoms. The van der Waals surface area contributed by atoms with Crippen molar-refractivity contribution >= 4 is 5.57 Å². The van der Waals surface area contributed by atoms with E-state index in [1.54, 1.807) is 31.2 Å². The van der Waals surface area contributed by atoms with E-state index in [0.29, 0.717) is 22.6 Å². The number of aliphatic hydroxyl groups excluding tert-OH is 1. The van der Waals surface area contributed by atoms with Gasteiger partial charge in [-0.1, -0.05) is 36.4 Å². The highest BCUT2D eigenvalue weighted by molar-refractivity contribution is 5.73. The number of halogens is 3. The van der Waals surface area contributed by atoms with Crippen molar-refractivity contribution < 1.29 is 23.0 Å². The fourth-order valence-corrected chi connectivity index (χ4v) is 2.65. The van der Waals surface area contributed by atoms with E-state index in [0.717, 1.165) is 6.08 Å². The first-order valence-electron chi connectivity index (χ1n) is 7.41. The molecule has 5 heteroatoms. The van der Waals surface area contributed by atoms with Gasteiger partial charge >= 0.3 is 6.18 Å². The van der Waals surface area contributed by atoms with Crippen molar-refractivity contribution in [3.8, 4) is 11.5 Å². The van der Waals surface area contributed by atoms with Gasteiger partial charge in [-0.15, -0.1) is 0 Å². The number of alkyl halides is 3. The van der Waals surface area contributed by atoms with Crippen molar-refractivity contribution in [2.75, 3.05) is 0 Å². The Labute approximate surface area is 137 Å². The predicted octanol–water partition coefficient (Wildman–Crippen LogP) is 5.40. The average Bonchev–Trinajstić information content (AvgIpc) is 2.55. The van der Waals surface area contributed by atoms with Gasteiger partial charge in [-0.05, 0) is 36.8 Å². The van der Waals surface area contributed by atoms with E-state index in [1.165, 1.54) is 30.4 Å². The van der Waals surface area contributed by atoms with Gasteiger partial charge in [0.2, 0.25) is 0 Å². The molecule has 124 valence electrons. The highest BCUT2D eigenvalue weighted by Crippen LogP contribution is 2.44.